The number of ether oxygens (including phenoxy) is 6. The second kappa shape index (κ2) is 44.3. The molecule has 0 aliphatic heterocycles. The Balaban J connectivity index is 0.000000182. The number of carbonyl (C=O) groups excluding carboxylic acids is 12. The third-order valence-electron chi connectivity index (χ3n) is 21.3. The van der Waals surface area contributed by atoms with E-state index in [1.54, 1.807) is 248 Å². The highest BCUT2D eigenvalue weighted by Gasteiger charge is 2.28. The van der Waals surface area contributed by atoms with Crippen LogP contribution in [0.25, 0.3) is 44.5 Å². The first-order valence-electron chi connectivity index (χ1n) is 44.3. The summed E-state index contributed by atoms with van der Waals surface area (Å²) in [7, 11) is 21.0. The average Bonchev–Trinajstić information content (AvgIpc) is 1.67. The Morgan fingerprint density at radius 3 is 0.775 bits per heavy atom. The van der Waals surface area contributed by atoms with Crippen molar-refractivity contribution >= 4 is 111 Å². The van der Waals surface area contributed by atoms with Crippen molar-refractivity contribution in [3.8, 4) is 44.5 Å². The fourth-order valence-corrected chi connectivity index (χ4v) is 14.8. The van der Waals surface area contributed by atoms with Gasteiger partial charge in [0.25, 0.3) is 11.8 Å². The predicted octanol–water partition coefficient (Wildman–Crippen LogP) is 15.3. The minimum Gasteiger partial charge on any atom is -0.475 e. The Kier molecular flexibility index (Phi) is 32.8. The number of aryl methyl sites for hydroxylation is 10. The third-order valence-corrected chi connectivity index (χ3v) is 21.3. The van der Waals surface area contributed by atoms with E-state index in [-0.39, 0.29) is 77.8 Å². The number of hydrogen-bond acceptors (Lipinski definition) is 24. The Bertz CT molecular complexity index is 7090. The SMILES string of the molecule is COC(=O)c1cc(NC(=O)c2nc(CC(=O)c3cc(-c4ccc(N)cc4)cn3C)cn2C)cn1C.COC(=O)c1cc(NC(=O)c2nc(CC(=O)c3cc(-c4ccc(NC(=O)OC(C)(C)C)cc4)cn3C)cn2C)cn1C.COC(=O)c1nc(CC(=O)c2cc(-c3ccc(NC(=O)OC(C)(C)C)cc3)cn2C)cn1C.Cn1cc(-c2ccc(NC(=O)OC(C)(C)C)cc2)cc1C(=O)Cc1cn(C)c(C(=O)O)n1. The van der Waals surface area contributed by atoms with Crippen LogP contribution < -0.4 is 32.3 Å². The van der Waals surface area contributed by atoms with Crippen LogP contribution >= 0.6 is 0 Å². The summed E-state index contributed by atoms with van der Waals surface area (Å²) >= 11 is 0. The standard InChI is InChI=1S/C30H34N6O6.C25H26N6O4.C24H28N4O5.C23H26N4O5/c1-30(2,3)42-29(40)33-20-10-8-18(9-11-20)19-12-23(34(4)15-19)25(37)14-22-17-36(6)26(31-22)27(38)32-21-13-24(28(39)41-7)35(5)16-21;1-29-12-16(15-5-7-17(26)8-6-15)9-20(29)22(32)11-19-14-31(3)23(27-19)24(33)28-18-10-21(25(34)35-4)30(2)13-18;1-24(2,3)33-23(31)26-17-9-7-15(8-10-17)16-11-19(27(4)13-16)20(29)12-18-14-28(5)21(25-18)22(30)32-6;1-23(2,3)32-22(31)25-16-8-6-14(7-9-16)15-10-18(26(4)12-15)19(28)11-17-13-27(5)20(24-17)21(29)30/h8-13,15-17H,14H2,1-7H3,(H,32,38)(H,33,40);5-10,12-14H,11,26H2,1-4H3,(H,28,33);7-11,13-14H,12H2,1-6H3,(H,26,31);6-10,12-13H,11H2,1-5H3,(H,25,31)(H,29,30). The molecule has 40 nitrogen and oxygen atoms in total. The lowest BCUT2D eigenvalue weighted by molar-refractivity contribution is 0.0575. The van der Waals surface area contributed by atoms with Gasteiger partial charge in [0, 0.05) is 177 Å². The molecule has 5 amide bonds. The second-order valence-corrected chi connectivity index (χ2v) is 36.3. The molecule has 0 fully saturated rings. The number of carbonyl (C=O) groups is 13. The van der Waals surface area contributed by atoms with Gasteiger partial charge in [0.15, 0.2) is 34.8 Å². The predicted molar refractivity (Wildman–Crippen MR) is 530 cm³/mol. The smallest absolute Gasteiger partial charge is 0.412 e. The lowest BCUT2D eigenvalue weighted by Crippen LogP contribution is -2.27. The van der Waals surface area contributed by atoms with Crippen molar-refractivity contribution in [2.75, 3.05) is 53.6 Å². The van der Waals surface area contributed by atoms with Crippen molar-refractivity contribution in [3.63, 3.8) is 0 Å². The molecule has 0 radical (unpaired) electrons. The van der Waals surface area contributed by atoms with Gasteiger partial charge in [-0.25, -0.2) is 53.5 Å². The van der Waals surface area contributed by atoms with E-state index in [2.05, 4.69) is 46.5 Å². The molecule has 10 aromatic heterocycles. The first kappa shape index (κ1) is 105. The number of aromatic nitrogens is 14. The number of esters is 3. The molecule has 4 aromatic carbocycles. The fraction of sp³-hybridized carbons (Fsp3) is 0.284. The highest BCUT2D eigenvalue weighted by Crippen LogP contribution is 2.32. The number of methoxy groups -OCH3 is 3. The Morgan fingerprint density at radius 1 is 0.282 bits per heavy atom. The van der Waals surface area contributed by atoms with Crippen LogP contribution in [-0.2, 0) is 125 Å². The number of nitrogen functional groups attached to an aromatic ring is 1. The molecule has 14 aromatic rings. The number of amides is 5. The Hall–Kier alpha value is -17.5. The van der Waals surface area contributed by atoms with E-state index in [1.807, 2.05) is 105 Å². The van der Waals surface area contributed by atoms with Crippen LogP contribution in [0, 0.1) is 0 Å². The normalized spacial score (nSPS) is 11.1. The zero-order valence-electron chi connectivity index (χ0n) is 82.8. The molecule has 10 heterocycles. The molecule has 0 unspecified atom stereocenters. The highest BCUT2D eigenvalue weighted by molar-refractivity contribution is 6.05. The molecule has 0 atom stereocenters. The van der Waals surface area contributed by atoms with Gasteiger partial charge in [0.05, 0.1) is 104 Å². The summed E-state index contributed by atoms with van der Waals surface area (Å²) in [6, 6.07) is 39.4. The molecule has 742 valence electrons. The number of ketones is 4. The van der Waals surface area contributed by atoms with Crippen LogP contribution in [0.2, 0.25) is 0 Å². The molecule has 8 N–H and O–H groups in total. The van der Waals surface area contributed by atoms with Gasteiger partial charge in [-0.3, -0.25) is 44.7 Å². The third kappa shape index (κ3) is 27.7. The molecule has 0 saturated heterocycles. The van der Waals surface area contributed by atoms with Gasteiger partial charge in [-0.2, -0.15) is 0 Å². The van der Waals surface area contributed by atoms with Gasteiger partial charge in [0.2, 0.25) is 11.6 Å². The monoisotopic (exact) mass is 1940 g/mol. The first-order valence-corrected chi connectivity index (χ1v) is 44.3. The van der Waals surface area contributed by atoms with Crippen molar-refractivity contribution in [3.05, 3.63) is 276 Å². The minimum atomic E-state index is -1.14. The first-order chi connectivity index (χ1) is 66.8. The minimum absolute atomic E-state index is 0.00282. The molecule has 0 aliphatic carbocycles. The number of benzene rings is 4. The number of carboxylic acids is 1. The number of nitrogens with one attached hydrogen (secondary N) is 5. The molecule has 0 aliphatic rings. The maximum atomic E-state index is 13.2. The van der Waals surface area contributed by atoms with E-state index < -0.39 is 70.8 Å². The fourth-order valence-electron chi connectivity index (χ4n) is 14.8. The van der Waals surface area contributed by atoms with Gasteiger partial charge in [0.1, 0.15) is 28.2 Å². The molecule has 40 heteroatoms. The van der Waals surface area contributed by atoms with Crippen molar-refractivity contribution in [2.45, 2.75) is 105 Å². The van der Waals surface area contributed by atoms with Crippen LogP contribution in [-0.4, -0.2) is 186 Å². The van der Waals surface area contributed by atoms with Crippen molar-refractivity contribution in [2.24, 2.45) is 70.5 Å². The van der Waals surface area contributed by atoms with E-state index >= 15 is 0 Å². The summed E-state index contributed by atoms with van der Waals surface area (Å²) in [6.07, 6.45) is 15.6. The van der Waals surface area contributed by atoms with Crippen LogP contribution in [0.1, 0.15) is 190 Å². The van der Waals surface area contributed by atoms with Crippen molar-refractivity contribution in [1.82, 2.24) is 65.6 Å². The summed E-state index contributed by atoms with van der Waals surface area (Å²) in [6.45, 7) is 16.2. The zero-order valence-corrected chi connectivity index (χ0v) is 82.8. The second-order valence-electron chi connectivity index (χ2n) is 36.3. The maximum Gasteiger partial charge on any atom is 0.412 e. The summed E-state index contributed by atoms with van der Waals surface area (Å²) in [5.74, 6) is -3.95. The van der Waals surface area contributed by atoms with Crippen LogP contribution in [0.5, 0.6) is 0 Å². The molecule has 0 saturated carbocycles. The summed E-state index contributed by atoms with van der Waals surface area (Å²) in [4.78, 5) is 177. The molecule has 0 spiro atoms. The zero-order chi connectivity index (χ0) is 104. The number of nitrogens with zero attached hydrogens (tertiary/aromatic N) is 14. The summed E-state index contributed by atoms with van der Waals surface area (Å²) in [5, 5.41) is 22.6. The number of anilines is 6. The number of imidazole rings is 4. The lowest BCUT2D eigenvalue weighted by Gasteiger charge is -2.19. The number of nitrogens with two attached hydrogens (primary N) is 1. The number of aromatic carboxylic acids is 1. The molecular formula is C102H114N20O20. The van der Waals surface area contributed by atoms with Gasteiger partial charge < -0.3 is 95.6 Å². The summed E-state index contributed by atoms with van der Waals surface area (Å²) < 4.78 is 46.1. The molecule has 142 heavy (non-hydrogen) atoms. The molecule has 14 rings (SSSR count). The van der Waals surface area contributed by atoms with E-state index in [9.17, 15) is 62.3 Å². The average molecular weight is 1940 g/mol. The highest BCUT2D eigenvalue weighted by atomic mass is 16.6. The lowest BCUT2D eigenvalue weighted by atomic mass is 10.1. The van der Waals surface area contributed by atoms with Crippen molar-refractivity contribution in [1.29, 1.82) is 0 Å². The van der Waals surface area contributed by atoms with E-state index in [4.69, 9.17) is 39.3 Å². The van der Waals surface area contributed by atoms with Gasteiger partial charge in [-0.05, 0) is 169 Å². The summed E-state index contributed by atoms with van der Waals surface area (Å²) in [5.41, 5.74) is 18.8. The Labute approximate surface area is 817 Å². The molecular weight excluding hydrogens is 1830 g/mol. The Morgan fingerprint density at radius 2 is 0.521 bits per heavy atom. The van der Waals surface area contributed by atoms with Crippen LogP contribution in [0.3, 0.4) is 0 Å². The number of carboxylic acid groups (broad SMARTS) is 1. The maximum absolute atomic E-state index is 13.2. The van der Waals surface area contributed by atoms with E-state index in [0.717, 1.165) is 44.5 Å². The van der Waals surface area contributed by atoms with Crippen molar-refractivity contribution < 1.29 is 95.9 Å². The van der Waals surface area contributed by atoms with Gasteiger partial charge >= 0.3 is 42.2 Å². The quantitative estimate of drug-likeness (QED) is 0.0109. The van der Waals surface area contributed by atoms with Crippen LogP contribution in [0.4, 0.5) is 48.5 Å². The van der Waals surface area contributed by atoms with E-state index in [1.165, 1.54) is 42.6 Å². The largest absolute Gasteiger partial charge is 0.475 e. The molecule has 0 bridgehead atoms. The van der Waals surface area contributed by atoms with E-state index in [0.29, 0.717) is 85.4 Å². The number of Topliss-reactive ketones (excluding diaryl/α,β-unsaturated/α-hetero) is 4. The number of rotatable bonds is 27. The van der Waals surface area contributed by atoms with Crippen LogP contribution in [0.15, 0.2) is 195 Å². The number of hydrogen-bond donors (Lipinski definition) is 7. The van der Waals surface area contributed by atoms with Gasteiger partial charge in [-0.15, -0.1) is 0 Å². The van der Waals surface area contributed by atoms with Gasteiger partial charge in [-0.1, -0.05) is 48.5 Å². The topological polar surface area (TPSA) is 485 Å².